The highest BCUT2D eigenvalue weighted by atomic mass is 32.2. The van der Waals surface area contributed by atoms with E-state index in [-0.39, 0.29) is 52.9 Å². The summed E-state index contributed by atoms with van der Waals surface area (Å²) >= 11 is 0. The Morgan fingerprint density at radius 2 is 1.30 bits per heavy atom. The van der Waals surface area contributed by atoms with E-state index in [4.69, 9.17) is 9.47 Å². The van der Waals surface area contributed by atoms with Crippen molar-refractivity contribution in [3.8, 4) is 0 Å². The van der Waals surface area contributed by atoms with E-state index in [0.717, 1.165) is 80.3 Å². The maximum atomic E-state index is 13.9. The van der Waals surface area contributed by atoms with Crippen LogP contribution in [0.3, 0.4) is 0 Å². The number of carbonyl (C=O) groups is 2. The molecule has 0 spiro atoms. The highest BCUT2D eigenvalue weighted by Crippen LogP contribution is 2.25. The van der Waals surface area contributed by atoms with Crippen molar-refractivity contribution in [3.63, 3.8) is 0 Å². The quantitative estimate of drug-likeness (QED) is 0.105. The summed E-state index contributed by atoms with van der Waals surface area (Å²) in [6, 6.07) is 24.7. The number of sulfonamides is 1. The monoisotopic (exact) mass is 744 g/mol. The van der Waals surface area contributed by atoms with Crippen molar-refractivity contribution in [1.82, 2.24) is 20.4 Å². The zero-order valence-corrected chi connectivity index (χ0v) is 30.1. The van der Waals surface area contributed by atoms with Crippen LogP contribution >= 0.6 is 0 Å². The Hall–Kier alpha value is -5.12. The van der Waals surface area contributed by atoms with E-state index in [1.165, 1.54) is 10.7 Å². The van der Waals surface area contributed by atoms with Gasteiger partial charge in [0.15, 0.2) is 5.82 Å². The molecule has 2 amide bonds. The van der Waals surface area contributed by atoms with Gasteiger partial charge in [0.05, 0.1) is 47.3 Å². The van der Waals surface area contributed by atoms with E-state index in [2.05, 4.69) is 20.5 Å². The summed E-state index contributed by atoms with van der Waals surface area (Å²) in [7, 11) is -4.26. The van der Waals surface area contributed by atoms with Crippen molar-refractivity contribution in [2.24, 2.45) is 0 Å². The summed E-state index contributed by atoms with van der Waals surface area (Å²) in [4.78, 5) is 37.7. The largest absolute Gasteiger partial charge is 0.371 e. The number of rotatable bonds is 15. The van der Waals surface area contributed by atoms with Gasteiger partial charge in [0.2, 0.25) is 5.91 Å². The van der Waals surface area contributed by atoms with Crippen LogP contribution in [0.5, 0.6) is 0 Å². The van der Waals surface area contributed by atoms with E-state index in [0.29, 0.717) is 19.6 Å². The maximum Gasteiger partial charge on any atom is 0.269 e. The van der Waals surface area contributed by atoms with Gasteiger partial charge in [-0.1, -0.05) is 86.3 Å². The Kier molecular flexibility index (Phi) is 12.5. The predicted molar refractivity (Wildman–Crippen MR) is 196 cm³/mol. The smallest absolute Gasteiger partial charge is 0.269 e. The van der Waals surface area contributed by atoms with Crippen molar-refractivity contribution >= 4 is 33.3 Å². The van der Waals surface area contributed by atoms with Gasteiger partial charge < -0.3 is 20.1 Å². The van der Waals surface area contributed by atoms with Gasteiger partial charge in [-0.2, -0.15) is 5.10 Å². The number of hydrogen-bond donors (Lipinski definition) is 3. The van der Waals surface area contributed by atoms with Crippen LogP contribution in [-0.2, 0) is 44.1 Å². The molecule has 2 aliphatic carbocycles. The number of benzene rings is 3. The second kappa shape index (κ2) is 17.6. The fourth-order valence-electron chi connectivity index (χ4n) is 6.82. The number of aromatic nitrogens is 2. The number of hydrogen-bond acceptors (Lipinski definition) is 9. The normalized spacial score (nSPS) is 20.3. The molecule has 280 valence electrons. The van der Waals surface area contributed by atoms with Crippen LogP contribution in [0.25, 0.3) is 0 Å². The lowest BCUT2D eigenvalue weighted by Gasteiger charge is -2.32. The van der Waals surface area contributed by atoms with Gasteiger partial charge in [0, 0.05) is 18.2 Å². The van der Waals surface area contributed by atoms with Crippen LogP contribution in [0.2, 0.25) is 0 Å². The molecule has 6 rings (SSSR count). The molecule has 53 heavy (non-hydrogen) atoms. The van der Waals surface area contributed by atoms with Crippen LogP contribution in [-0.4, -0.2) is 59.2 Å². The zero-order chi connectivity index (χ0) is 37.2. The molecular weight excluding hydrogens is 701 g/mol. The van der Waals surface area contributed by atoms with Gasteiger partial charge in [0.25, 0.3) is 21.6 Å². The van der Waals surface area contributed by atoms with Crippen molar-refractivity contribution in [2.75, 3.05) is 4.72 Å². The first-order valence-electron chi connectivity index (χ1n) is 17.9. The Balaban J connectivity index is 1.19. The fourth-order valence-corrected chi connectivity index (χ4v) is 7.81. The Labute approximate surface area is 308 Å². The molecule has 1 aromatic heterocycles. The molecule has 4 aromatic rings. The Morgan fingerprint density at radius 1 is 0.774 bits per heavy atom. The second-order valence-corrected chi connectivity index (χ2v) is 15.1. The lowest BCUT2D eigenvalue weighted by Crippen LogP contribution is -2.48. The highest BCUT2D eigenvalue weighted by molar-refractivity contribution is 7.92. The third kappa shape index (κ3) is 10.3. The van der Waals surface area contributed by atoms with E-state index in [1.807, 2.05) is 60.7 Å². The summed E-state index contributed by atoms with van der Waals surface area (Å²) in [5.41, 5.74) is 1.76. The number of nitrogens with zero attached hydrogens (tertiary/aromatic N) is 3. The standard InChI is InChI=1S/C38H44N6O8S/c45-37(39-31-15-7-9-17-34(31)51-25-27-11-3-1-4-12-27)24-43-33(23-36(41-43)42-53(49,50)30-21-19-29(20-22-30)44(47)48)38(46)40-32-16-8-10-18-35(32)52-26-28-13-5-2-6-14-28/h1-6,11-14,19-23,31-32,34-35H,7-10,15-18,24-26H2,(H,39,45)(H,40,46)(H,41,42)/t31-,32-,34-,35-/m0/s1. The van der Waals surface area contributed by atoms with Gasteiger partial charge in [-0.25, -0.2) is 13.1 Å². The minimum atomic E-state index is -4.26. The third-order valence-corrected chi connectivity index (χ3v) is 11.0. The van der Waals surface area contributed by atoms with Crippen molar-refractivity contribution < 1.29 is 32.4 Å². The molecule has 0 unspecified atom stereocenters. The molecular formula is C38H44N6O8S. The molecule has 3 N–H and O–H groups in total. The molecule has 0 aliphatic heterocycles. The number of nitro benzene ring substituents is 1. The molecule has 0 bridgehead atoms. The first-order chi connectivity index (χ1) is 25.6. The van der Waals surface area contributed by atoms with Gasteiger partial charge in [-0.05, 0) is 48.9 Å². The minimum Gasteiger partial charge on any atom is -0.371 e. The lowest BCUT2D eigenvalue weighted by molar-refractivity contribution is -0.384. The van der Waals surface area contributed by atoms with Crippen molar-refractivity contribution in [3.05, 3.63) is 118 Å². The second-order valence-electron chi connectivity index (χ2n) is 13.4. The van der Waals surface area contributed by atoms with E-state index >= 15 is 0 Å². The van der Waals surface area contributed by atoms with Crippen LogP contribution in [0.15, 0.2) is 95.9 Å². The SMILES string of the molecule is O=C(Cn1nc(NS(=O)(=O)c2ccc([N+](=O)[O-])cc2)cc1C(=O)N[C@H]1CCCC[C@@H]1OCc1ccccc1)N[C@H]1CCCC[C@@H]1OCc1ccccc1. The van der Waals surface area contributed by atoms with Crippen molar-refractivity contribution in [1.29, 1.82) is 0 Å². The Bertz CT molecular complexity index is 1960. The molecule has 3 aromatic carbocycles. The van der Waals surface area contributed by atoms with Crippen LogP contribution in [0.4, 0.5) is 11.5 Å². The van der Waals surface area contributed by atoms with Gasteiger partial charge >= 0.3 is 0 Å². The molecule has 15 heteroatoms. The molecule has 1 heterocycles. The lowest BCUT2D eigenvalue weighted by atomic mass is 9.92. The summed E-state index contributed by atoms with van der Waals surface area (Å²) < 4.78 is 42.6. The number of non-ortho nitro benzene ring substituents is 1. The van der Waals surface area contributed by atoms with Crippen molar-refractivity contribution in [2.45, 2.75) is 100 Å². The molecule has 2 aliphatic rings. The maximum absolute atomic E-state index is 13.9. The number of anilines is 1. The fraction of sp³-hybridized carbons (Fsp3) is 0.395. The van der Waals surface area contributed by atoms with Crippen LogP contribution in [0, 0.1) is 10.1 Å². The third-order valence-electron chi connectivity index (χ3n) is 9.58. The van der Waals surface area contributed by atoms with Gasteiger partial charge in [0.1, 0.15) is 12.2 Å². The van der Waals surface area contributed by atoms with Gasteiger partial charge in [-0.3, -0.25) is 24.4 Å². The molecule has 0 saturated heterocycles. The topological polar surface area (TPSA) is 184 Å². The predicted octanol–water partition coefficient (Wildman–Crippen LogP) is 5.49. The summed E-state index contributed by atoms with van der Waals surface area (Å²) in [6.45, 7) is 0.446. The van der Waals surface area contributed by atoms with Crippen LogP contribution in [0.1, 0.15) is 73.0 Å². The molecule has 0 radical (unpaired) electrons. The van der Waals surface area contributed by atoms with E-state index < -0.39 is 26.8 Å². The minimum absolute atomic E-state index is 0.0190. The summed E-state index contributed by atoms with van der Waals surface area (Å²) in [5, 5.41) is 21.6. The number of carbonyl (C=O) groups excluding carboxylic acids is 2. The number of nitro groups is 1. The Morgan fingerprint density at radius 3 is 1.85 bits per heavy atom. The van der Waals surface area contributed by atoms with E-state index in [1.54, 1.807) is 0 Å². The first-order valence-corrected chi connectivity index (χ1v) is 19.4. The van der Waals surface area contributed by atoms with Gasteiger partial charge in [-0.15, -0.1) is 0 Å². The van der Waals surface area contributed by atoms with Crippen LogP contribution < -0.4 is 15.4 Å². The molecule has 4 atom stereocenters. The number of ether oxygens (including phenoxy) is 2. The summed E-state index contributed by atoms with van der Waals surface area (Å²) in [6.07, 6.45) is 6.27. The first kappa shape index (κ1) is 37.6. The average molecular weight is 745 g/mol. The number of amides is 2. The molecule has 2 saturated carbocycles. The van der Waals surface area contributed by atoms with E-state index in [9.17, 15) is 28.1 Å². The molecule has 2 fully saturated rings. The molecule has 14 nitrogen and oxygen atoms in total. The average Bonchev–Trinajstić information content (AvgIpc) is 3.55. The highest BCUT2D eigenvalue weighted by Gasteiger charge is 2.31. The zero-order valence-electron chi connectivity index (χ0n) is 29.3. The number of nitrogens with one attached hydrogen (secondary N) is 3. The summed E-state index contributed by atoms with van der Waals surface area (Å²) in [5.74, 6) is -1.13.